The number of phenolic OH excluding ortho intramolecular Hbond substituents is 1. The van der Waals surface area contributed by atoms with E-state index in [-0.39, 0.29) is 23.0 Å². The van der Waals surface area contributed by atoms with Crippen LogP contribution < -0.4 is 14.2 Å². The molecule has 0 amide bonds. The third-order valence-electron chi connectivity index (χ3n) is 4.37. The van der Waals surface area contributed by atoms with Gasteiger partial charge in [0.1, 0.15) is 0 Å². The van der Waals surface area contributed by atoms with Crippen molar-refractivity contribution in [1.82, 2.24) is 0 Å². The number of carbonyl (C=O) groups is 1. The molecule has 0 saturated heterocycles. The molecule has 1 N–H and O–H groups in total. The highest BCUT2D eigenvalue weighted by molar-refractivity contribution is 6.31. The van der Waals surface area contributed by atoms with Gasteiger partial charge in [0.05, 0.1) is 20.1 Å². The number of benzene rings is 3. The fourth-order valence-corrected chi connectivity index (χ4v) is 3.08. The van der Waals surface area contributed by atoms with Gasteiger partial charge in [-0.2, -0.15) is 0 Å². The molecule has 1 atom stereocenters. The maximum absolute atomic E-state index is 12.8. The number of fused-ring (bicyclic) bond motifs is 1. The minimum Gasteiger partial charge on any atom is -0.504 e. The largest absolute Gasteiger partial charge is 0.504 e. The zero-order chi connectivity index (χ0) is 19.6. The van der Waals surface area contributed by atoms with Crippen LogP contribution in [0.25, 0.3) is 10.8 Å². The minimum atomic E-state index is -0.488. The summed E-state index contributed by atoms with van der Waals surface area (Å²) in [6.45, 7) is 1.76. The van der Waals surface area contributed by atoms with Gasteiger partial charge >= 0.3 is 5.97 Å². The Bertz CT molecular complexity index is 985. The summed E-state index contributed by atoms with van der Waals surface area (Å²) in [7, 11) is 2.81. The van der Waals surface area contributed by atoms with Gasteiger partial charge in [0.15, 0.2) is 11.5 Å². The van der Waals surface area contributed by atoms with Crippen LogP contribution >= 0.6 is 11.6 Å². The summed E-state index contributed by atoms with van der Waals surface area (Å²) in [5, 5.41) is 11.8. The van der Waals surface area contributed by atoms with E-state index in [1.807, 2.05) is 30.3 Å². The molecule has 0 aliphatic rings. The maximum Gasteiger partial charge on any atom is 0.318 e. The molecule has 0 bridgehead atoms. The monoisotopic (exact) mass is 386 g/mol. The predicted molar refractivity (Wildman–Crippen MR) is 104 cm³/mol. The van der Waals surface area contributed by atoms with Gasteiger partial charge in [-0.3, -0.25) is 4.79 Å². The molecule has 6 heteroatoms. The molecule has 0 aliphatic carbocycles. The van der Waals surface area contributed by atoms with Crippen LogP contribution in [-0.2, 0) is 4.79 Å². The second kappa shape index (κ2) is 7.76. The molecule has 0 heterocycles. The van der Waals surface area contributed by atoms with E-state index in [2.05, 4.69) is 0 Å². The Hall–Kier alpha value is -2.92. The van der Waals surface area contributed by atoms with Crippen molar-refractivity contribution in [2.45, 2.75) is 12.8 Å². The van der Waals surface area contributed by atoms with Gasteiger partial charge in [-0.05, 0) is 30.7 Å². The fourth-order valence-electron chi connectivity index (χ4n) is 2.91. The van der Waals surface area contributed by atoms with Crippen molar-refractivity contribution in [3.05, 3.63) is 59.1 Å². The van der Waals surface area contributed by atoms with E-state index in [0.717, 1.165) is 5.56 Å². The molecule has 0 aromatic heterocycles. The van der Waals surface area contributed by atoms with E-state index < -0.39 is 11.9 Å². The number of ether oxygens (including phenoxy) is 3. The van der Waals surface area contributed by atoms with E-state index in [1.165, 1.54) is 14.2 Å². The van der Waals surface area contributed by atoms with Gasteiger partial charge < -0.3 is 19.3 Å². The van der Waals surface area contributed by atoms with Crippen LogP contribution in [0.5, 0.6) is 23.0 Å². The zero-order valence-electron chi connectivity index (χ0n) is 15.2. The van der Waals surface area contributed by atoms with Crippen LogP contribution in [0.2, 0.25) is 5.02 Å². The van der Waals surface area contributed by atoms with Crippen molar-refractivity contribution >= 4 is 28.3 Å². The summed E-state index contributed by atoms with van der Waals surface area (Å²) in [6, 6.07) is 14.2. The van der Waals surface area contributed by atoms with E-state index in [0.29, 0.717) is 15.8 Å². The molecule has 0 saturated carbocycles. The van der Waals surface area contributed by atoms with E-state index >= 15 is 0 Å². The Labute approximate surface area is 162 Å². The van der Waals surface area contributed by atoms with E-state index in [1.54, 1.807) is 25.1 Å². The Kier molecular flexibility index (Phi) is 5.42. The Morgan fingerprint density at radius 1 is 0.963 bits per heavy atom. The molecule has 1 unspecified atom stereocenters. The van der Waals surface area contributed by atoms with Gasteiger partial charge in [0, 0.05) is 15.8 Å². The summed E-state index contributed by atoms with van der Waals surface area (Å²) >= 11 is 6.06. The quantitative estimate of drug-likeness (QED) is 0.497. The number of phenols is 1. The van der Waals surface area contributed by atoms with Gasteiger partial charge in [-0.25, -0.2) is 0 Å². The molecular weight excluding hydrogens is 368 g/mol. The average Bonchev–Trinajstić information content (AvgIpc) is 2.69. The number of rotatable bonds is 5. The summed E-state index contributed by atoms with van der Waals surface area (Å²) in [5.41, 5.74) is 0.833. The lowest BCUT2D eigenvalue weighted by Gasteiger charge is -2.19. The van der Waals surface area contributed by atoms with Crippen molar-refractivity contribution in [2.24, 2.45) is 0 Å². The Balaban J connectivity index is 2.12. The van der Waals surface area contributed by atoms with Gasteiger partial charge in [-0.15, -0.1) is 0 Å². The number of halogens is 1. The summed E-state index contributed by atoms with van der Waals surface area (Å²) in [4.78, 5) is 12.8. The Morgan fingerprint density at radius 3 is 2.26 bits per heavy atom. The second-order valence-corrected chi connectivity index (χ2v) is 6.42. The van der Waals surface area contributed by atoms with Crippen LogP contribution in [0.4, 0.5) is 0 Å². The first-order valence-electron chi connectivity index (χ1n) is 8.30. The lowest BCUT2D eigenvalue weighted by atomic mass is 10.0. The van der Waals surface area contributed by atoms with Gasteiger partial charge in [-0.1, -0.05) is 41.9 Å². The standard InChI is InChI=1S/C21H19ClO5/c1-12(13-7-5-4-6-8-13)21(24)27-18-15-10-9-14(22)11-16(15)17(23)19(25-2)20(18)26-3/h4-12,23H,1-3H3. The molecule has 3 aromatic carbocycles. The van der Waals surface area contributed by atoms with Crippen LogP contribution in [0.3, 0.4) is 0 Å². The third kappa shape index (κ3) is 3.51. The van der Waals surface area contributed by atoms with Crippen LogP contribution in [-0.4, -0.2) is 25.3 Å². The molecule has 3 rings (SSSR count). The first-order valence-corrected chi connectivity index (χ1v) is 8.68. The number of methoxy groups -OCH3 is 2. The van der Waals surface area contributed by atoms with E-state index in [4.69, 9.17) is 25.8 Å². The summed E-state index contributed by atoms with van der Waals surface area (Å²) in [6.07, 6.45) is 0. The van der Waals surface area contributed by atoms with Crippen molar-refractivity contribution in [3.8, 4) is 23.0 Å². The maximum atomic E-state index is 12.8. The molecule has 5 nitrogen and oxygen atoms in total. The van der Waals surface area contributed by atoms with Crippen LogP contribution in [0, 0.1) is 0 Å². The number of hydrogen-bond donors (Lipinski definition) is 1. The highest BCUT2D eigenvalue weighted by Gasteiger charge is 2.26. The fraction of sp³-hybridized carbons (Fsp3) is 0.190. The molecule has 140 valence electrons. The SMILES string of the molecule is COc1c(OC)c(OC(=O)C(C)c2ccccc2)c2ccc(Cl)cc2c1O. The normalized spacial score (nSPS) is 11.9. The number of hydrogen-bond acceptors (Lipinski definition) is 5. The molecule has 0 aliphatic heterocycles. The van der Waals surface area contributed by atoms with Crippen molar-refractivity contribution in [2.75, 3.05) is 14.2 Å². The molecule has 0 radical (unpaired) electrons. The molecule has 27 heavy (non-hydrogen) atoms. The van der Waals surface area contributed by atoms with Crippen molar-refractivity contribution < 1.29 is 24.1 Å². The molecular formula is C21H19ClO5. The second-order valence-electron chi connectivity index (χ2n) is 5.99. The Morgan fingerprint density at radius 2 is 1.63 bits per heavy atom. The first kappa shape index (κ1) is 18.9. The smallest absolute Gasteiger partial charge is 0.318 e. The van der Waals surface area contributed by atoms with Gasteiger partial charge in [0.25, 0.3) is 0 Å². The van der Waals surface area contributed by atoms with E-state index in [9.17, 15) is 9.90 Å². The van der Waals surface area contributed by atoms with Crippen molar-refractivity contribution in [3.63, 3.8) is 0 Å². The molecule has 0 fully saturated rings. The lowest BCUT2D eigenvalue weighted by molar-refractivity contribution is -0.135. The topological polar surface area (TPSA) is 65.0 Å². The highest BCUT2D eigenvalue weighted by atomic mass is 35.5. The zero-order valence-corrected chi connectivity index (χ0v) is 15.9. The molecule has 0 spiro atoms. The number of esters is 1. The first-order chi connectivity index (χ1) is 13.0. The van der Waals surface area contributed by atoms with Gasteiger partial charge in [0.2, 0.25) is 11.5 Å². The minimum absolute atomic E-state index is 0.0717. The van der Waals surface area contributed by atoms with Crippen LogP contribution in [0.1, 0.15) is 18.4 Å². The third-order valence-corrected chi connectivity index (χ3v) is 4.61. The number of aromatic hydroxyl groups is 1. The number of carbonyl (C=O) groups excluding carboxylic acids is 1. The average molecular weight is 387 g/mol. The molecule has 3 aromatic rings. The lowest BCUT2D eigenvalue weighted by Crippen LogP contribution is -2.17. The predicted octanol–water partition coefficient (Wildman–Crippen LogP) is 4.93. The summed E-state index contributed by atoms with van der Waals surface area (Å²) in [5.74, 6) is -0.697. The van der Waals surface area contributed by atoms with Crippen molar-refractivity contribution in [1.29, 1.82) is 0 Å². The highest BCUT2D eigenvalue weighted by Crippen LogP contribution is 2.51. The summed E-state index contributed by atoms with van der Waals surface area (Å²) < 4.78 is 16.4. The van der Waals surface area contributed by atoms with Crippen LogP contribution in [0.15, 0.2) is 48.5 Å².